The molecule has 0 fully saturated rings. The van der Waals surface area contributed by atoms with E-state index in [1.807, 2.05) is 18.2 Å². The van der Waals surface area contributed by atoms with Crippen LogP contribution in [0.3, 0.4) is 0 Å². The number of anilines is 3. The second kappa shape index (κ2) is 8.67. The third kappa shape index (κ3) is 4.22. The molecule has 22 heavy (non-hydrogen) atoms. The van der Waals surface area contributed by atoms with E-state index in [4.69, 9.17) is 10.0 Å². The van der Waals surface area contributed by atoms with Crippen LogP contribution in [-0.2, 0) is 0 Å². The van der Waals surface area contributed by atoms with Crippen LogP contribution in [0.4, 0.5) is 17.1 Å². The lowest BCUT2D eigenvalue weighted by atomic mass is 10.2. The van der Waals surface area contributed by atoms with Crippen molar-refractivity contribution >= 4 is 24.7 Å². The van der Waals surface area contributed by atoms with Crippen LogP contribution in [0, 0.1) is 0 Å². The van der Waals surface area contributed by atoms with Crippen molar-refractivity contribution < 1.29 is 10.0 Å². The van der Waals surface area contributed by atoms with Crippen LogP contribution in [0.1, 0.15) is 0 Å². The lowest BCUT2D eigenvalue weighted by Crippen LogP contribution is -2.09. The van der Waals surface area contributed by atoms with E-state index in [0.717, 1.165) is 0 Å². The van der Waals surface area contributed by atoms with E-state index in [0.29, 0.717) is 0 Å². The SMILES string of the molecule is OBO.c1ccc(N(c2ccccc2)c2ccccc2)cc1. The molecule has 0 aliphatic carbocycles. The lowest BCUT2D eigenvalue weighted by molar-refractivity contribution is 0.448. The number of nitrogens with zero attached hydrogens (tertiary/aromatic N) is 1. The second-order valence-corrected chi connectivity index (χ2v) is 4.48. The van der Waals surface area contributed by atoms with Gasteiger partial charge < -0.3 is 14.9 Å². The van der Waals surface area contributed by atoms with Crippen molar-refractivity contribution in [1.29, 1.82) is 0 Å². The Morgan fingerprint density at radius 3 is 0.955 bits per heavy atom. The summed E-state index contributed by atoms with van der Waals surface area (Å²) in [5.41, 5.74) is 3.50. The Morgan fingerprint density at radius 1 is 0.500 bits per heavy atom. The molecule has 0 unspecified atom stereocenters. The van der Waals surface area contributed by atoms with Crippen molar-refractivity contribution in [2.24, 2.45) is 0 Å². The Morgan fingerprint density at radius 2 is 0.727 bits per heavy atom. The quantitative estimate of drug-likeness (QED) is 0.727. The molecular weight excluding hydrogens is 273 g/mol. The smallest absolute Gasteiger partial charge is 0.430 e. The molecule has 0 aromatic heterocycles. The van der Waals surface area contributed by atoms with Crippen LogP contribution in [0.2, 0.25) is 0 Å². The van der Waals surface area contributed by atoms with Crippen molar-refractivity contribution in [2.75, 3.05) is 4.90 Å². The summed E-state index contributed by atoms with van der Waals surface area (Å²) in [4.78, 5) is 2.25. The fraction of sp³-hybridized carbons (Fsp3) is 0. The molecule has 0 spiro atoms. The first-order chi connectivity index (χ1) is 10.9. The summed E-state index contributed by atoms with van der Waals surface area (Å²) in [6.07, 6.45) is 0. The Hall–Kier alpha value is -2.56. The standard InChI is InChI=1S/C18H15N.BH3O2/c1-4-10-16(11-5-1)19(17-12-6-2-7-13-17)18-14-8-3-9-15-18;2-1-3/h1-15H;1-3H. The highest BCUT2D eigenvalue weighted by molar-refractivity contribution is 6.13. The fourth-order valence-electron chi connectivity index (χ4n) is 2.18. The van der Waals surface area contributed by atoms with Crippen molar-refractivity contribution in [2.45, 2.75) is 0 Å². The predicted octanol–water partition coefficient (Wildman–Crippen LogP) is 3.39. The van der Waals surface area contributed by atoms with Crippen LogP contribution in [-0.4, -0.2) is 17.7 Å². The van der Waals surface area contributed by atoms with Gasteiger partial charge in [0.1, 0.15) is 0 Å². The first-order valence-corrected chi connectivity index (χ1v) is 7.04. The molecule has 3 rings (SSSR count). The zero-order valence-electron chi connectivity index (χ0n) is 12.2. The van der Waals surface area contributed by atoms with E-state index in [1.165, 1.54) is 17.1 Å². The maximum atomic E-state index is 7.12. The van der Waals surface area contributed by atoms with Gasteiger partial charge in [0, 0.05) is 17.1 Å². The van der Waals surface area contributed by atoms with Crippen molar-refractivity contribution in [3.05, 3.63) is 91.0 Å². The zero-order valence-corrected chi connectivity index (χ0v) is 12.2. The molecule has 3 aromatic carbocycles. The minimum absolute atomic E-state index is 0.750. The minimum Gasteiger partial charge on any atom is -0.430 e. The van der Waals surface area contributed by atoms with Crippen LogP contribution >= 0.6 is 0 Å². The molecule has 110 valence electrons. The Labute approximate surface area is 131 Å². The largest absolute Gasteiger partial charge is 0.432 e. The highest BCUT2D eigenvalue weighted by Gasteiger charge is 2.10. The summed E-state index contributed by atoms with van der Waals surface area (Å²) in [6.45, 7) is 0. The Kier molecular flexibility index (Phi) is 6.24. The van der Waals surface area contributed by atoms with Crippen LogP contribution in [0.5, 0.6) is 0 Å². The van der Waals surface area contributed by atoms with E-state index in [2.05, 4.69) is 77.7 Å². The second-order valence-electron chi connectivity index (χ2n) is 4.48. The summed E-state index contributed by atoms with van der Waals surface area (Å²) >= 11 is 0. The molecule has 0 aliphatic rings. The summed E-state index contributed by atoms with van der Waals surface area (Å²) < 4.78 is 0. The van der Waals surface area contributed by atoms with Gasteiger partial charge in [0.15, 0.2) is 0 Å². The number of para-hydroxylation sites is 3. The molecule has 0 atom stereocenters. The van der Waals surface area contributed by atoms with Gasteiger partial charge in [0.05, 0.1) is 0 Å². The van der Waals surface area contributed by atoms with Gasteiger partial charge in [-0.2, -0.15) is 0 Å². The molecule has 2 N–H and O–H groups in total. The molecule has 0 saturated carbocycles. The van der Waals surface area contributed by atoms with Gasteiger partial charge in [-0.1, -0.05) is 54.6 Å². The highest BCUT2D eigenvalue weighted by atomic mass is 16.4. The minimum atomic E-state index is -0.750. The van der Waals surface area contributed by atoms with E-state index >= 15 is 0 Å². The third-order valence-corrected chi connectivity index (χ3v) is 3.04. The van der Waals surface area contributed by atoms with E-state index in [1.54, 1.807) is 0 Å². The monoisotopic (exact) mass is 291 g/mol. The van der Waals surface area contributed by atoms with E-state index in [9.17, 15) is 0 Å². The molecule has 0 amide bonds. The Bertz CT molecular complexity index is 554. The predicted molar refractivity (Wildman–Crippen MR) is 92.7 cm³/mol. The first kappa shape index (κ1) is 15.8. The molecule has 4 heteroatoms. The molecule has 0 saturated heterocycles. The molecular formula is C18H18BNO2. The van der Waals surface area contributed by atoms with Crippen molar-refractivity contribution in [3.63, 3.8) is 0 Å². The van der Waals surface area contributed by atoms with E-state index in [-0.39, 0.29) is 0 Å². The maximum absolute atomic E-state index is 7.12. The van der Waals surface area contributed by atoms with Gasteiger partial charge in [-0.25, -0.2) is 0 Å². The molecule has 3 nitrogen and oxygen atoms in total. The molecule has 0 bridgehead atoms. The molecule has 0 aliphatic heterocycles. The fourth-order valence-corrected chi connectivity index (χ4v) is 2.18. The number of hydrogen-bond acceptors (Lipinski definition) is 3. The normalized spacial score (nSPS) is 9.36. The summed E-state index contributed by atoms with van der Waals surface area (Å²) in [5, 5.41) is 14.2. The van der Waals surface area contributed by atoms with Gasteiger partial charge in [-0.15, -0.1) is 0 Å². The van der Waals surface area contributed by atoms with Gasteiger partial charge in [-0.05, 0) is 36.4 Å². The van der Waals surface area contributed by atoms with Gasteiger partial charge >= 0.3 is 7.69 Å². The number of rotatable bonds is 3. The van der Waals surface area contributed by atoms with E-state index < -0.39 is 7.69 Å². The summed E-state index contributed by atoms with van der Waals surface area (Å²) in [7, 11) is -0.750. The third-order valence-electron chi connectivity index (χ3n) is 3.04. The van der Waals surface area contributed by atoms with Crippen LogP contribution in [0.15, 0.2) is 91.0 Å². The summed E-state index contributed by atoms with van der Waals surface area (Å²) in [5.74, 6) is 0. The van der Waals surface area contributed by atoms with Gasteiger partial charge in [0.2, 0.25) is 0 Å². The molecule has 0 heterocycles. The van der Waals surface area contributed by atoms with Gasteiger partial charge in [0.25, 0.3) is 0 Å². The molecule has 0 radical (unpaired) electrons. The summed E-state index contributed by atoms with van der Waals surface area (Å²) in [6, 6.07) is 31.3. The number of hydrogen-bond donors (Lipinski definition) is 2. The zero-order chi connectivity index (χ0) is 15.6. The van der Waals surface area contributed by atoms with Crippen LogP contribution in [0.25, 0.3) is 0 Å². The van der Waals surface area contributed by atoms with Crippen molar-refractivity contribution in [3.8, 4) is 0 Å². The first-order valence-electron chi connectivity index (χ1n) is 7.04. The highest BCUT2D eigenvalue weighted by Crippen LogP contribution is 2.33. The average Bonchev–Trinajstić information content (AvgIpc) is 2.59. The lowest BCUT2D eigenvalue weighted by Gasteiger charge is -2.25. The molecule has 3 aromatic rings. The van der Waals surface area contributed by atoms with Crippen molar-refractivity contribution in [1.82, 2.24) is 0 Å². The average molecular weight is 291 g/mol. The Balaban J connectivity index is 0.000000545. The van der Waals surface area contributed by atoms with Gasteiger partial charge in [-0.3, -0.25) is 0 Å². The van der Waals surface area contributed by atoms with Crippen LogP contribution < -0.4 is 4.90 Å². The topological polar surface area (TPSA) is 43.7 Å². The number of benzene rings is 3. The maximum Gasteiger partial charge on any atom is 0.432 e.